The standard InChI is InChI=1S/C13H21N3O2S/c1-10(2)8-9-15-11-6-5-7-12(13(11)14)19(17,18)16(3)4/h5-8,15H,9,14H2,1-4H3. The van der Waals surface area contributed by atoms with Gasteiger partial charge in [0.05, 0.1) is 11.4 Å². The molecule has 1 aromatic carbocycles. The van der Waals surface area contributed by atoms with Crippen molar-refractivity contribution in [3.8, 4) is 0 Å². The van der Waals surface area contributed by atoms with Crippen molar-refractivity contribution in [2.45, 2.75) is 18.7 Å². The summed E-state index contributed by atoms with van der Waals surface area (Å²) in [5.74, 6) is 0. The molecule has 0 bridgehead atoms. The first-order valence-electron chi connectivity index (χ1n) is 5.95. The van der Waals surface area contributed by atoms with E-state index < -0.39 is 10.0 Å². The number of anilines is 2. The number of nitrogens with two attached hydrogens (primary N) is 1. The second-order valence-corrected chi connectivity index (χ2v) is 6.79. The highest BCUT2D eigenvalue weighted by atomic mass is 32.2. The van der Waals surface area contributed by atoms with E-state index in [9.17, 15) is 8.42 Å². The Hall–Kier alpha value is -1.53. The zero-order valence-corrected chi connectivity index (χ0v) is 12.6. The highest BCUT2D eigenvalue weighted by Gasteiger charge is 2.21. The number of benzene rings is 1. The summed E-state index contributed by atoms with van der Waals surface area (Å²) in [6, 6.07) is 4.96. The van der Waals surface area contributed by atoms with Gasteiger partial charge < -0.3 is 11.1 Å². The maximum Gasteiger partial charge on any atom is 0.244 e. The Balaban J connectivity index is 3.09. The molecule has 0 aliphatic heterocycles. The van der Waals surface area contributed by atoms with E-state index >= 15 is 0 Å². The van der Waals surface area contributed by atoms with Gasteiger partial charge in [-0.15, -0.1) is 0 Å². The van der Waals surface area contributed by atoms with Crippen LogP contribution >= 0.6 is 0 Å². The van der Waals surface area contributed by atoms with Crippen LogP contribution in [0.3, 0.4) is 0 Å². The molecule has 19 heavy (non-hydrogen) atoms. The fourth-order valence-corrected chi connectivity index (χ4v) is 2.52. The molecule has 0 saturated heterocycles. The van der Waals surface area contributed by atoms with Gasteiger partial charge in [-0.05, 0) is 26.0 Å². The highest BCUT2D eigenvalue weighted by Crippen LogP contribution is 2.27. The van der Waals surface area contributed by atoms with Crippen molar-refractivity contribution in [3.05, 3.63) is 29.8 Å². The summed E-state index contributed by atoms with van der Waals surface area (Å²) in [6.07, 6.45) is 2.01. The number of nitrogens with one attached hydrogen (secondary N) is 1. The topological polar surface area (TPSA) is 75.4 Å². The van der Waals surface area contributed by atoms with Crippen molar-refractivity contribution >= 4 is 21.4 Å². The molecular weight excluding hydrogens is 262 g/mol. The van der Waals surface area contributed by atoms with E-state index in [4.69, 9.17) is 5.73 Å². The van der Waals surface area contributed by atoms with E-state index in [1.165, 1.54) is 25.7 Å². The van der Waals surface area contributed by atoms with Crippen molar-refractivity contribution in [3.63, 3.8) is 0 Å². The van der Waals surface area contributed by atoms with Gasteiger partial charge in [-0.3, -0.25) is 0 Å². The quantitative estimate of drug-likeness (QED) is 0.639. The fraction of sp³-hybridized carbons (Fsp3) is 0.385. The van der Waals surface area contributed by atoms with E-state index in [-0.39, 0.29) is 10.6 Å². The largest absolute Gasteiger partial charge is 0.396 e. The molecule has 0 atom stereocenters. The Kier molecular flexibility index (Phi) is 4.97. The van der Waals surface area contributed by atoms with E-state index in [0.29, 0.717) is 12.2 Å². The van der Waals surface area contributed by atoms with Crippen molar-refractivity contribution in [2.24, 2.45) is 0 Å². The van der Waals surface area contributed by atoms with Gasteiger partial charge in [0.2, 0.25) is 10.0 Å². The second-order valence-electron chi connectivity index (χ2n) is 4.67. The SMILES string of the molecule is CC(C)=CCNc1cccc(S(=O)(=O)N(C)C)c1N. The van der Waals surface area contributed by atoms with E-state index in [0.717, 1.165) is 4.31 Å². The van der Waals surface area contributed by atoms with Crippen LogP contribution in [0.1, 0.15) is 13.8 Å². The molecule has 0 aromatic heterocycles. The molecule has 1 aromatic rings. The Morgan fingerprint density at radius 3 is 2.53 bits per heavy atom. The average Bonchev–Trinajstić information content (AvgIpc) is 2.30. The van der Waals surface area contributed by atoms with Crippen LogP contribution < -0.4 is 11.1 Å². The lowest BCUT2D eigenvalue weighted by Gasteiger charge is -2.16. The Bertz CT molecular complexity index is 574. The van der Waals surface area contributed by atoms with Crippen LogP contribution in [0.15, 0.2) is 34.7 Å². The van der Waals surface area contributed by atoms with E-state index in [1.807, 2.05) is 19.9 Å². The summed E-state index contributed by atoms with van der Waals surface area (Å²) >= 11 is 0. The van der Waals surface area contributed by atoms with Crippen LogP contribution in [0.4, 0.5) is 11.4 Å². The lowest BCUT2D eigenvalue weighted by atomic mass is 10.2. The first-order chi connectivity index (χ1) is 8.76. The van der Waals surface area contributed by atoms with Crippen LogP contribution in [-0.2, 0) is 10.0 Å². The van der Waals surface area contributed by atoms with Crippen LogP contribution in [0.25, 0.3) is 0 Å². The first kappa shape index (κ1) is 15.5. The minimum absolute atomic E-state index is 0.125. The maximum atomic E-state index is 12.1. The molecule has 0 saturated carbocycles. The van der Waals surface area contributed by atoms with Crippen molar-refractivity contribution < 1.29 is 8.42 Å². The number of nitrogen functional groups attached to an aromatic ring is 1. The zero-order chi connectivity index (χ0) is 14.6. The van der Waals surface area contributed by atoms with Gasteiger partial charge in [-0.1, -0.05) is 17.7 Å². The number of hydrogen-bond donors (Lipinski definition) is 2. The molecule has 6 heteroatoms. The minimum atomic E-state index is -3.52. The van der Waals surface area contributed by atoms with Crippen molar-refractivity contribution in [1.29, 1.82) is 0 Å². The number of para-hydroxylation sites is 1. The van der Waals surface area contributed by atoms with Gasteiger partial charge in [-0.25, -0.2) is 12.7 Å². The molecule has 0 amide bonds. The lowest BCUT2D eigenvalue weighted by Crippen LogP contribution is -2.23. The number of rotatable bonds is 5. The minimum Gasteiger partial charge on any atom is -0.396 e. The highest BCUT2D eigenvalue weighted by molar-refractivity contribution is 7.89. The van der Waals surface area contributed by atoms with Gasteiger partial charge in [0.15, 0.2) is 0 Å². The Morgan fingerprint density at radius 2 is 2.00 bits per heavy atom. The maximum absolute atomic E-state index is 12.1. The van der Waals surface area contributed by atoms with E-state index in [1.54, 1.807) is 12.1 Å². The summed E-state index contributed by atoms with van der Waals surface area (Å²) in [7, 11) is -0.550. The molecule has 5 nitrogen and oxygen atoms in total. The van der Waals surface area contributed by atoms with Gasteiger partial charge in [-0.2, -0.15) is 0 Å². The molecule has 0 spiro atoms. The summed E-state index contributed by atoms with van der Waals surface area (Å²) in [6.45, 7) is 4.61. The van der Waals surface area contributed by atoms with Gasteiger partial charge >= 0.3 is 0 Å². The predicted molar refractivity (Wildman–Crippen MR) is 79.6 cm³/mol. The molecule has 3 N–H and O–H groups in total. The van der Waals surface area contributed by atoms with Gasteiger partial charge in [0.25, 0.3) is 0 Å². The summed E-state index contributed by atoms with van der Waals surface area (Å²) in [4.78, 5) is 0.125. The third-order valence-electron chi connectivity index (χ3n) is 2.63. The molecule has 0 radical (unpaired) electrons. The number of hydrogen-bond acceptors (Lipinski definition) is 4. The zero-order valence-electron chi connectivity index (χ0n) is 11.8. The van der Waals surface area contributed by atoms with Crippen LogP contribution in [0, 0.1) is 0 Å². The lowest BCUT2D eigenvalue weighted by molar-refractivity contribution is 0.521. The third kappa shape index (κ3) is 3.71. The average molecular weight is 283 g/mol. The number of allylic oxidation sites excluding steroid dienone is 1. The number of nitrogens with zero attached hydrogens (tertiary/aromatic N) is 1. The molecule has 0 heterocycles. The summed E-state index contributed by atoms with van der Waals surface area (Å²) < 4.78 is 25.3. The van der Waals surface area contributed by atoms with Gasteiger partial charge in [0, 0.05) is 20.6 Å². The predicted octanol–water partition coefficient (Wildman–Crippen LogP) is 1.90. The first-order valence-corrected chi connectivity index (χ1v) is 7.39. The van der Waals surface area contributed by atoms with Gasteiger partial charge in [0.1, 0.15) is 4.90 Å². The van der Waals surface area contributed by atoms with Crippen LogP contribution in [0.5, 0.6) is 0 Å². The molecule has 0 aliphatic rings. The smallest absolute Gasteiger partial charge is 0.244 e. The van der Waals surface area contributed by atoms with Crippen LogP contribution in [0.2, 0.25) is 0 Å². The molecule has 0 unspecified atom stereocenters. The molecule has 1 rings (SSSR count). The summed E-state index contributed by atoms with van der Waals surface area (Å²) in [5.41, 5.74) is 7.99. The monoisotopic (exact) mass is 283 g/mol. The molecular formula is C13H21N3O2S. The Morgan fingerprint density at radius 1 is 1.37 bits per heavy atom. The van der Waals surface area contributed by atoms with E-state index in [2.05, 4.69) is 5.32 Å². The fourth-order valence-electron chi connectivity index (χ4n) is 1.48. The molecule has 106 valence electrons. The van der Waals surface area contributed by atoms with Crippen molar-refractivity contribution in [2.75, 3.05) is 31.7 Å². The normalized spacial score (nSPS) is 11.4. The third-order valence-corrected chi connectivity index (χ3v) is 4.50. The number of sulfonamides is 1. The molecule has 0 fully saturated rings. The second kappa shape index (κ2) is 6.08. The van der Waals surface area contributed by atoms with Crippen LogP contribution in [-0.4, -0.2) is 33.4 Å². The summed E-state index contributed by atoms with van der Waals surface area (Å²) in [5, 5.41) is 3.11. The molecule has 0 aliphatic carbocycles. The Labute approximate surface area is 115 Å². The van der Waals surface area contributed by atoms with Crippen molar-refractivity contribution in [1.82, 2.24) is 4.31 Å².